The van der Waals surface area contributed by atoms with E-state index in [0.29, 0.717) is 4.47 Å². The van der Waals surface area contributed by atoms with Crippen molar-refractivity contribution >= 4 is 21.8 Å². The van der Waals surface area contributed by atoms with E-state index in [1.54, 1.807) is 13.0 Å². The molecule has 1 aromatic carbocycles. The minimum absolute atomic E-state index is 0.0903. The summed E-state index contributed by atoms with van der Waals surface area (Å²) in [6, 6.07) is 3.00. The summed E-state index contributed by atoms with van der Waals surface area (Å²) < 4.78 is 13.5. The van der Waals surface area contributed by atoms with Crippen LogP contribution >= 0.6 is 15.9 Å². The van der Waals surface area contributed by atoms with Crippen molar-refractivity contribution in [3.05, 3.63) is 33.5 Å². The highest BCUT2D eigenvalue weighted by Crippen LogP contribution is 2.22. The molecule has 64 valence electrons. The average molecular weight is 232 g/mol. The predicted molar refractivity (Wildman–Crippen MR) is 47.4 cm³/mol. The van der Waals surface area contributed by atoms with Gasteiger partial charge in [0.25, 0.3) is 5.91 Å². The zero-order valence-electron chi connectivity index (χ0n) is 6.40. The van der Waals surface area contributed by atoms with Crippen molar-refractivity contribution in [3.63, 3.8) is 0 Å². The van der Waals surface area contributed by atoms with Crippen LogP contribution in [0.25, 0.3) is 0 Å². The molecule has 0 heterocycles. The third kappa shape index (κ3) is 1.48. The molecule has 2 nitrogen and oxygen atoms in total. The monoisotopic (exact) mass is 231 g/mol. The van der Waals surface area contributed by atoms with E-state index in [-0.39, 0.29) is 5.56 Å². The fourth-order valence-electron chi connectivity index (χ4n) is 0.836. The summed E-state index contributed by atoms with van der Waals surface area (Å²) in [5.74, 6) is -1.35. The van der Waals surface area contributed by atoms with Gasteiger partial charge >= 0.3 is 0 Å². The number of hydrogen-bond acceptors (Lipinski definition) is 1. The first-order valence-corrected chi connectivity index (χ1v) is 4.07. The van der Waals surface area contributed by atoms with E-state index in [1.165, 1.54) is 6.07 Å². The molecule has 1 rings (SSSR count). The fraction of sp³-hybridized carbons (Fsp3) is 0.125. The smallest absolute Gasteiger partial charge is 0.251 e. The molecule has 0 aliphatic heterocycles. The van der Waals surface area contributed by atoms with Crippen LogP contribution in [0.4, 0.5) is 4.39 Å². The van der Waals surface area contributed by atoms with E-state index >= 15 is 0 Å². The van der Waals surface area contributed by atoms with E-state index in [4.69, 9.17) is 5.73 Å². The second kappa shape index (κ2) is 3.23. The number of rotatable bonds is 1. The first kappa shape index (κ1) is 9.19. The second-order valence-corrected chi connectivity index (χ2v) is 3.22. The third-order valence-corrected chi connectivity index (χ3v) is 2.51. The molecule has 2 N–H and O–H groups in total. The van der Waals surface area contributed by atoms with E-state index < -0.39 is 11.7 Å². The average Bonchev–Trinajstić information content (AvgIpc) is 2.00. The molecule has 0 spiro atoms. The molecule has 0 unspecified atom stereocenters. The largest absolute Gasteiger partial charge is 0.366 e. The zero-order valence-corrected chi connectivity index (χ0v) is 7.98. The van der Waals surface area contributed by atoms with Gasteiger partial charge < -0.3 is 5.73 Å². The number of benzene rings is 1. The second-order valence-electron chi connectivity index (χ2n) is 2.42. The Kier molecular flexibility index (Phi) is 2.47. The number of primary amides is 1. The van der Waals surface area contributed by atoms with Crippen LogP contribution in [-0.2, 0) is 0 Å². The van der Waals surface area contributed by atoms with Gasteiger partial charge in [-0.1, -0.05) is 6.07 Å². The normalized spacial score (nSPS) is 9.92. The van der Waals surface area contributed by atoms with Gasteiger partial charge in [0.2, 0.25) is 0 Å². The summed E-state index contributed by atoms with van der Waals surface area (Å²) in [6.45, 7) is 1.73. The number of aryl methyl sites for hydroxylation is 1. The number of hydrogen-bond donors (Lipinski definition) is 1. The van der Waals surface area contributed by atoms with E-state index in [1.807, 2.05) is 0 Å². The Labute approximate surface area is 77.7 Å². The van der Waals surface area contributed by atoms with Crippen LogP contribution in [-0.4, -0.2) is 5.91 Å². The molecule has 0 saturated carbocycles. The Morgan fingerprint density at radius 2 is 2.17 bits per heavy atom. The van der Waals surface area contributed by atoms with Gasteiger partial charge in [-0.05, 0) is 34.5 Å². The van der Waals surface area contributed by atoms with Crippen LogP contribution in [0.15, 0.2) is 16.6 Å². The van der Waals surface area contributed by atoms with Gasteiger partial charge in [-0.25, -0.2) is 4.39 Å². The summed E-state index contributed by atoms with van der Waals surface area (Å²) in [6.07, 6.45) is 0. The molecule has 0 aromatic heterocycles. The van der Waals surface area contributed by atoms with Gasteiger partial charge in [0.05, 0.1) is 10.0 Å². The van der Waals surface area contributed by atoms with Crippen molar-refractivity contribution in [1.29, 1.82) is 0 Å². The minimum Gasteiger partial charge on any atom is -0.366 e. The lowest BCUT2D eigenvalue weighted by Gasteiger charge is -2.02. The molecule has 1 aromatic rings. The number of carbonyl (C=O) groups is 1. The molecule has 0 bridgehead atoms. The van der Waals surface area contributed by atoms with Crippen molar-refractivity contribution < 1.29 is 9.18 Å². The SMILES string of the molecule is Cc1ccc(C(N)=O)c(F)c1Br. The lowest BCUT2D eigenvalue weighted by molar-refractivity contribution is 0.0996. The molecule has 1 amide bonds. The molecular weight excluding hydrogens is 225 g/mol. The number of halogens is 2. The van der Waals surface area contributed by atoms with E-state index in [9.17, 15) is 9.18 Å². The van der Waals surface area contributed by atoms with Gasteiger partial charge in [-0.2, -0.15) is 0 Å². The third-order valence-electron chi connectivity index (χ3n) is 1.54. The summed E-state index contributed by atoms with van der Waals surface area (Å²) in [5.41, 5.74) is 5.58. The molecule has 4 heteroatoms. The van der Waals surface area contributed by atoms with Gasteiger partial charge in [-0.15, -0.1) is 0 Å². The highest BCUT2D eigenvalue weighted by Gasteiger charge is 2.12. The van der Waals surface area contributed by atoms with E-state index in [2.05, 4.69) is 15.9 Å². The Hall–Kier alpha value is -0.900. The number of nitrogens with two attached hydrogens (primary N) is 1. The lowest BCUT2D eigenvalue weighted by Crippen LogP contribution is -2.13. The lowest BCUT2D eigenvalue weighted by atomic mass is 10.1. The molecule has 0 fully saturated rings. The van der Waals surface area contributed by atoms with Gasteiger partial charge in [0, 0.05) is 0 Å². The number of carbonyl (C=O) groups excluding carboxylic acids is 1. The van der Waals surface area contributed by atoms with Crippen molar-refractivity contribution in [2.75, 3.05) is 0 Å². The molecule has 0 radical (unpaired) electrons. The van der Waals surface area contributed by atoms with E-state index in [0.717, 1.165) is 5.56 Å². The molecule has 0 atom stereocenters. The highest BCUT2D eigenvalue weighted by molar-refractivity contribution is 9.10. The van der Waals surface area contributed by atoms with Crippen LogP contribution in [0, 0.1) is 12.7 Å². The first-order valence-electron chi connectivity index (χ1n) is 3.28. The molecular formula is C8H7BrFNO. The quantitative estimate of drug-likeness (QED) is 0.790. The van der Waals surface area contributed by atoms with Crippen molar-refractivity contribution in [3.8, 4) is 0 Å². The Balaban J connectivity index is 3.36. The van der Waals surface area contributed by atoms with Crippen LogP contribution in [0.3, 0.4) is 0 Å². The highest BCUT2D eigenvalue weighted by atomic mass is 79.9. The van der Waals surface area contributed by atoms with Crippen LogP contribution in [0.2, 0.25) is 0 Å². The molecule has 0 aliphatic carbocycles. The minimum atomic E-state index is -0.756. The summed E-state index contributed by atoms with van der Waals surface area (Å²) in [7, 11) is 0. The topological polar surface area (TPSA) is 43.1 Å². The first-order chi connectivity index (χ1) is 5.54. The number of amides is 1. The Morgan fingerprint density at radius 3 is 2.67 bits per heavy atom. The predicted octanol–water partition coefficient (Wildman–Crippen LogP) is 2.00. The van der Waals surface area contributed by atoms with Gasteiger partial charge in [-0.3, -0.25) is 4.79 Å². The maximum atomic E-state index is 13.2. The maximum Gasteiger partial charge on any atom is 0.251 e. The van der Waals surface area contributed by atoms with Gasteiger partial charge in [0.15, 0.2) is 0 Å². The van der Waals surface area contributed by atoms with Crippen molar-refractivity contribution in [1.82, 2.24) is 0 Å². The van der Waals surface area contributed by atoms with Crippen LogP contribution in [0.5, 0.6) is 0 Å². The summed E-state index contributed by atoms with van der Waals surface area (Å²) in [4.78, 5) is 10.6. The van der Waals surface area contributed by atoms with Crippen LogP contribution in [0.1, 0.15) is 15.9 Å². The summed E-state index contributed by atoms with van der Waals surface area (Å²) in [5, 5.41) is 0. The van der Waals surface area contributed by atoms with Crippen molar-refractivity contribution in [2.45, 2.75) is 6.92 Å². The van der Waals surface area contributed by atoms with Gasteiger partial charge in [0.1, 0.15) is 5.82 Å². The zero-order chi connectivity index (χ0) is 9.30. The molecule has 0 saturated heterocycles. The molecule has 0 aliphatic rings. The standard InChI is InChI=1S/C8H7BrFNO/c1-4-2-3-5(8(11)12)7(10)6(4)9/h2-3H,1H3,(H2,11,12). The fourth-order valence-corrected chi connectivity index (χ4v) is 1.18. The molecule has 12 heavy (non-hydrogen) atoms. The van der Waals surface area contributed by atoms with Crippen LogP contribution < -0.4 is 5.73 Å². The Bertz CT molecular complexity index is 338. The van der Waals surface area contributed by atoms with Crippen molar-refractivity contribution in [2.24, 2.45) is 5.73 Å². The Morgan fingerprint density at radius 1 is 1.58 bits per heavy atom. The maximum absolute atomic E-state index is 13.2. The summed E-state index contributed by atoms with van der Waals surface area (Å²) >= 11 is 3.02.